The maximum absolute atomic E-state index is 13.1. The molecular weight excluding hydrogens is 334 g/mol. The summed E-state index contributed by atoms with van der Waals surface area (Å²) in [7, 11) is 0. The zero-order valence-electron chi connectivity index (χ0n) is 19.0. The molecule has 0 saturated carbocycles. The van der Waals surface area contributed by atoms with Crippen LogP contribution < -0.4 is 0 Å². The number of carbonyl (C=O) groups is 1. The zero-order chi connectivity index (χ0) is 20.1. The van der Waals surface area contributed by atoms with Crippen molar-refractivity contribution in [3.63, 3.8) is 0 Å². The highest BCUT2D eigenvalue weighted by atomic mass is 16.2. The number of hydrogen-bond donors (Lipinski definition) is 0. The molecule has 0 aliphatic carbocycles. The molecule has 158 valence electrons. The molecule has 27 heavy (non-hydrogen) atoms. The van der Waals surface area contributed by atoms with Crippen molar-refractivity contribution in [2.45, 2.75) is 116 Å². The molecule has 0 aromatic rings. The molecule has 2 aliphatic heterocycles. The highest BCUT2D eigenvalue weighted by Crippen LogP contribution is 2.33. The van der Waals surface area contributed by atoms with E-state index in [1.165, 1.54) is 51.4 Å². The molecule has 0 aromatic heterocycles. The van der Waals surface area contributed by atoms with Gasteiger partial charge < -0.3 is 9.80 Å². The molecule has 1 atom stereocenters. The Hall–Kier alpha value is -0.770. The van der Waals surface area contributed by atoms with Crippen molar-refractivity contribution in [1.29, 1.82) is 0 Å². The van der Waals surface area contributed by atoms with Gasteiger partial charge in [-0.2, -0.15) is 0 Å². The summed E-state index contributed by atoms with van der Waals surface area (Å²) < 4.78 is 0. The van der Waals surface area contributed by atoms with E-state index in [2.05, 4.69) is 56.2 Å². The maximum atomic E-state index is 13.1. The van der Waals surface area contributed by atoms with Gasteiger partial charge in [0.25, 0.3) is 0 Å². The van der Waals surface area contributed by atoms with Gasteiger partial charge in [0.15, 0.2) is 0 Å². The highest BCUT2D eigenvalue weighted by molar-refractivity contribution is 5.78. The van der Waals surface area contributed by atoms with Gasteiger partial charge in [0, 0.05) is 37.3 Å². The molecule has 2 heterocycles. The van der Waals surface area contributed by atoms with E-state index >= 15 is 0 Å². The minimum Gasteiger partial charge on any atom is -0.317 e. The largest absolute Gasteiger partial charge is 0.320 e. The van der Waals surface area contributed by atoms with Crippen LogP contribution in [0, 0.1) is 0 Å². The third kappa shape index (κ3) is 5.62. The van der Waals surface area contributed by atoms with Crippen LogP contribution in [-0.4, -0.2) is 64.0 Å². The standard InChI is InChI=1S/C23H45N3O/c1-7-9-11-13-15-23(5,6)26-19-20-18-24(16-17-25(20)21(26)27)22(3,4)14-12-10-8-2/h20H,7-19H2,1-6H3. The van der Waals surface area contributed by atoms with Gasteiger partial charge in [0.2, 0.25) is 0 Å². The molecule has 2 aliphatic rings. The molecule has 4 heteroatoms. The maximum Gasteiger partial charge on any atom is 0.320 e. The minimum absolute atomic E-state index is 0.0242. The van der Waals surface area contributed by atoms with Crippen LogP contribution in [0.25, 0.3) is 0 Å². The van der Waals surface area contributed by atoms with E-state index in [1.807, 2.05) is 0 Å². The lowest BCUT2D eigenvalue weighted by atomic mass is 9.92. The topological polar surface area (TPSA) is 26.8 Å². The fourth-order valence-electron chi connectivity index (χ4n) is 4.85. The number of amides is 2. The van der Waals surface area contributed by atoms with E-state index in [4.69, 9.17) is 0 Å². The molecule has 2 amide bonds. The van der Waals surface area contributed by atoms with Crippen LogP contribution in [0.15, 0.2) is 0 Å². The van der Waals surface area contributed by atoms with Crippen molar-refractivity contribution in [1.82, 2.24) is 14.7 Å². The van der Waals surface area contributed by atoms with Crippen molar-refractivity contribution in [3.8, 4) is 0 Å². The van der Waals surface area contributed by atoms with Crippen molar-refractivity contribution in [2.24, 2.45) is 0 Å². The Morgan fingerprint density at radius 2 is 1.41 bits per heavy atom. The number of unbranched alkanes of at least 4 members (excludes halogenated alkanes) is 5. The van der Waals surface area contributed by atoms with E-state index in [0.29, 0.717) is 6.04 Å². The smallest absolute Gasteiger partial charge is 0.317 e. The predicted molar refractivity (Wildman–Crippen MR) is 115 cm³/mol. The fourth-order valence-corrected chi connectivity index (χ4v) is 4.85. The zero-order valence-corrected chi connectivity index (χ0v) is 19.0. The molecular formula is C23H45N3O. The SMILES string of the molecule is CCCCCCC(C)(C)N1CC2CN(C(C)(C)CCCCC)CCN2C1=O. The molecule has 0 bridgehead atoms. The Morgan fingerprint density at radius 1 is 0.815 bits per heavy atom. The second kappa shape index (κ2) is 9.62. The first-order chi connectivity index (χ1) is 12.7. The molecule has 2 rings (SSSR count). The van der Waals surface area contributed by atoms with E-state index in [9.17, 15) is 4.79 Å². The van der Waals surface area contributed by atoms with Gasteiger partial charge in [0.1, 0.15) is 0 Å². The Balaban J connectivity index is 1.93. The summed E-state index contributed by atoms with van der Waals surface area (Å²) in [6, 6.07) is 0.649. The quantitative estimate of drug-likeness (QED) is 0.442. The summed E-state index contributed by atoms with van der Waals surface area (Å²) in [5.41, 5.74) is 0.219. The predicted octanol–water partition coefficient (Wildman–Crippen LogP) is 5.52. The number of rotatable bonds is 11. The van der Waals surface area contributed by atoms with Gasteiger partial charge in [-0.25, -0.2) is 4.79 Å². The molecule has 1 unspecified atom stereocenters. The van der Waals surface area contributed by atoms with Gasteiger partial charge in [-0.05, 0) is 40.5 Å². The summed E-state index contributed by atoms with van der Waals surface area (Å²) in [5, 5.41) is 0. The number of urea groups is 1. The van der Waals surface area contributed by atoms with E-state index in [1.54, 1.807) is 0 Å². The van der Waals surface area contributed by atoms with Gasteiger partial charge in [-0.3, -0.25) is 4.90 Å². The second-order valence-corrected chi connectivity index (χ2v) is 10.1. The number of carbonyl (C=O) groups excluding carboxylic acids is 1. The first kappa shape index (κ1) is 22.5. The van der Waals surface area contributed by atoms with Crippen LogP contribution in [0.1, 0.15) is 99.3 Å². The molecule has 2 fully saturated rings. The van der Waals surface area contributed by atoms with Crippen LogP contribution in [0.2, 0.25) is 0 Å². The Labute approximate surface area is 168 Å². The third-order valence-electron chi connectivity index (χ3n) is 6.97. The first-order valence-electron chi connectivity index (χ1n) is 11.6. The van der Waals surface area contributed by atoms with Crippen LogP contribution in [0.4, 0.5) is 4.79 Å². The highest BCUT2D eigenvalue weighted by Gasteiger charge is 2.47. The van der Waals surface area contributed by atoms with E-state index < -0.39 is 0 Å². The van der Waals surface area contributed by atoms with Crippen LogP contribution in [0.3, 0.4) is 0 Å². The Bertz CT molecular complexity index is 474. The van der Waals surface area contributed by atoms with Crippen molar-refractivity contribution in [2.75, 3.05) is 26.2 Å². The number of nitrogens with zero attached hydrogens (tertiary/aromatic N) is 3. The minimum atomic E-state index is -0.0242. The second-order valence-electron chi connectivity index (χ2n) is 10.1. The van der Waals surface area contributed by atoms with Crippen LogP contribution in [-0.2, 0) is 0 Å². The van der Waals surface area contributed by atoms with Gasteiger partial charge in [-0.15, -0.1) is 0 Å². The summed E-state index contributed by atoms with van der Waals surface area (Å²) in [4.78, 5) is 20.1. The first-order valence-corrected chi connectivity index (χ1v) is 11.6. The number of piperazine rings is 1. The lowest BCUT2D eigenvalue weighted by molar-refractivity contribution is 0.0398. The molecule has 0 spiro atoms. The Kier molecular flexibility index (Phi) is 8.03. The van der Waals surface area contributed by atoms with E-state index in [-0.39, 0.29) is 17.1 Å². The molecule has 0 aromatic carbocycles. The monoisotopic (exact) mass is 379 g/mol. The molecule has 4 nitrogen and oxygen atoms in total. The molecule has 0 radical (unpaired) electrons. The summed E-state index contributed by atoms with van der Waals surface area (Å²) in [6.45, 7) is 17.7. The van der Waals surface area contributed by atoms with Gasteiger partial charge in [0.05, 0.1) is 6.04 Å². The van der Waals surface area contributed by atoms with Crippen LogP contribution >= 0.6 is 0 Å². The molecule has 2 saturated heterocycles. The van der Waals surface area contributed by atoms with E-state index in [0.717, 1.165) is 32.6 Å². The summed E-state index contributed by atoms with van der Waals surface area (Å²) in [6.07, 6.45) is 11.4. The fraction of sp³-hybridized carbons (Fsp3) is 0.957. The number of hydrogen-bond acceptors (Lipinski definition) is 2. The van der Waals surface area contributed by atoms with Gasteiger partial charge in [-0.1, -0.05) is 58.8 Å². The lowest BCUT2D eigenvalue weighted by Crippen LogP contribution is -2.58. The normalized spacial score (nSPS) is 21.9. The lowest BCUT2D eigenvalue weighted by Gasteiger charge is -2.45. The van der Waals surface area contributed by atoms with Crippen LogP contribution in [0.5, 0.6) is 0 Å². The Morgan fingerprint density at radius 3 is 2.07 bits per heavy atom. The number of fused-ring (bicyclic) bond motifs is 1. The summed E-state index contributed by atoms with van der Waals surface area (Å²) in [5.74, 6) is 0. The molecule has 0 N–H and O–H groups in total. The van der Waals surface area contributed by atoms with Crippen molar-refractivity contribution >= 4 is 6.03 Å². The van der Waals surface area contributed by atoms with Crippen molar-refractivity contribution < 1.29 is 4.79 Å². The van der Waals surface area contributed by atoms with Crippen molar-refractivity contribution in [3.05, 3.63) is 0 Å². The third-order valence-corrected chi connectivity index (χ3v) is 6.97. The summed E-state index contributed by atoms with van der Waals surface area (Å²) >= 11 is 0. The average Bonchev–Trinajstić information content (AvgIpc) is 2.96. The van der Waals surface area contributed by atoms with Gasteiger partial charge >= 0.3 is 6.03 Å². The average molecular weight is 380 g/mol.